The molecule has 0 aliphatic heterocycles. The molecule has 0 radical (unpaired) electrons. The van der Waals surface area contributed by atoms with E-state index in [2.05, 4.69) is 173 Å². The van der Waals surface area contributed by atoms with Crippen molar-refractivity contribution in [1.82, 2.24) is 19.1 Å². The highest BCUT2D eigenvalue weighted by Crippen LogP contribution is 2.45. The molecule has 0 bridgehead atoms. The quantitative estimate of drug-likeness (QED) is 0.177. The molecule has 0 aliphatic carbocycles. The molecule has 0 fully saturated rings. The lowest BCUT2D eigenvalue weighted by molar-refractivity contribution is 0.666. The number of rotatable bonds is 5. The molecule has 0 unspecified atom stereocenters. The fourth-order valence-corrected chi connectivity index (χ4v) is 8.80. The van der Waals surface area contributed by atoms with Crippen molar-refractivity contribution in [2.45, 2.75) is 0 Å². The van der Waals surface area contributed by atoms with Crippen LogP contribution in [0.5, 0.6) is 0 Å². The Hall–Kier alpha value is -7.76. The first kappa shape index (κ1) is 31.6. The van der Waals surface area contributed by atoms with Gasteiger partial charge in [0.15, 0.2) is 11.4 Å². The minimum atomic E-state index is 0.678. The zero-order valence-corrected chi connectivity index (χ0v) is 30.7. The maximum atomic E-state index is 6.79. The maximum absolute atomic E-state index is 6.79. The number of para-hydroxylation sites is 3. The molecule has 12 aromatic rings. The summed E-state index contributed by atoms with van der Waals surface area (Å²) in [6.45, 7) is 0. The van der Waals surface area contributed by atoms with Crippen LogP contribution < -0.4 is 0 Å². The van der Waals surface area contributed by atoms with E-state index >= 15 is 0 Å². The van der Waals surface area contributed by atoms with Gasteiger partial charge in [0.1, 0.15) is 11.4 Å². The van der Waals surface area contributed by atoms with Crippen molar-refractivity contribution in [1.29, 1.82) is 0 Å². The topological polar surface area (TPSA) is 48.8 Å². The normalized spacial score (nSPS) is 11.9. The van der Waals surface area contributed by atoms with Crippen molar-refractivity contribution >= 4 is 65.6 Å². The smallest absolute Gasteiger partial charge is 0.162 e. The SMILES string of the molecule is c1ccc(-c2cc(-n3c4ccccc4c4c3ccc3c5ccccc5n(-c5cc(-c6ccccc6)nc(-c6ccccc6)n5)c34)c3oc4ccccc4c3c2)cc1. The van der Waals surface area contributed by atoms with Gasteiger partial charge in [0, 0.05) is 49.5 Å². The molecule has 4 heterocycles. The highest BCUT2D eigenvalue weighted by atomic mass is 16.3. The third-order valence-electron chi connectivity index (χ3n) is 11.3. The molecular formula is C52H32N4O. The molecule has 0 aliphatic rings. The molecule has 0 amide bonds. The van der Waals surface area contributed by atoms with Crippen LogP contribution in [0.2, 0.25) is 0 Å². The molecule has 0 saturated heterocycles. The lowest BCUT2D eigenvalue weighted by atomic mass is 10.0. The van der Waals surface area contributed by atoms with Gasteiger partial charge in [0.2, 0.25) is 0 Å². The number of hydrogen-bond acceptors (Lipinski definition) is 3. The molecule has 0 N–H and O–H groups in total. The van der Waals surface area contributed by atoms with Gasteiger partial charge in [0.25, 0.3) is 0 Å². The van der Waals surface area contributed by atoms with Crippen molar-refractivity contribution in [2.75, 3.05) is 0 Å². The summed E-state index contributed by atoms with van der Waals surface area (Å²) in [4.78, 5) is 10.5. The molecule has 0 saturated carbocycles. The highest BCUT2D eigenvalue weighted by Gasteiger charge is 2.24. The number of nitrogens with zero attached hydrogens (tertiary/aromatic N) is 4. The first-order valence-corrected chi connectivity index (χ1v) is 19.3. The van der Waals surface area contributed by atoms with Gasteiger partial charge in [-0.2, -0.15) is 0 Å². The first-order valence-electron chi connectivity index (χ1n) is 19.3. The van der Waals surface area contributed by atoms with Gasteiger partial charge in [-0.3, -0.25) is 4.57 Å². The van der Waals surface area contributed by atoms with Gasteiger partial charge in [-0.1, -0.05) is 152 Å². The Labute approximate surface area is 327 Å². The molecule has 0 atom stereocenters. The molecule has 0 spiro atoms. The predicted octanol–water partition coefficient (Wildman–Crippen LogP) is 13.6. The van der Waals surface area contributed by atoms with Crippen LogP contribution in [0.3, 0.4) is 0 Å². The fraction of sp³-hybridized carbons (Fsp3) is 0. The Bertz CT molecular complexity index is 3450. The van der Waals surface area contributed by atoms with Gasteiger partial charge >= 0.3 is 0 Å². The fourth-order valence-electron chi connectivity index (χ4n) is 8.80. The van der Waals surface area contributed by atoms with E-state index in [0.29, 0.717) is 5.82 Å². The third kappa shape index (κ3) is 4.82. The lowest BCUT2D eigenvalue weighted by Gasteiger charge is -2.13. The van der Waals surface area contributed by atoms with Crippen LogP contribution in [0.15, 0.2) is 199 Å². The number of benzene rings is 8. The summed E-state index contributed by atoms with van der Waals surface area (Å²) in [6, 6.07) is 68.3. The van der Waals surface area contributed by atoms with E-state index in [1.54, 1.807) is 0 Å². The second kappa shape index (κ2) is 12.4. The van der Waals surface area contributed by atoms with Gasteiger partial charge in [-0.15, -0.1) is 0 Å². The highest BCUT2D eigenvalue weighted by molar-refractivity contribution is 6.26. The summed E-state index contributed by atoms with van der Waals surface area (Å²) in [5.41, 5.74) is 12.2. The average molecular weight is 729 g/mol. The Morgan fingerprint density at radius 1 is 0.386 bits per heavy atom. The zero-order valence-electron chi connectivity index (χ0n) is 30.7. The number of hydrogen-bond donors (Lipinski definition) is 0. The van der Waals surface area contributed by atoms with Gasteiger partial charge in [0.05, 0.1) is 33.4 Å². The molecule has 8 aromatic carbocycles. The van der Waals surface area contributed by atoms with Crippen molar-refractivity contribution in [3.63, 3.8) is 0 Å². The second-order valence-corrected chi connectivity index (χ2v) is 14.6. The largest absolute Gasteiger partial charge is 0.454 e. The molecule has 4 aromatic heterocycles. The van der Waals surface area contributed by atoms with E-state index in [-0.39, 0.29) is 0 Å². The van der Waals surface area contributed by atoms with Crippen molar-refractivity contribution in [3.05, 3.63) is 194 Å². The molecule has 57 heavy (non-hydrogen) atoms. The van der Waals surface area contributed by atoms with Crippen molar-refractivity contribution in [3.8, 4) is 45.3 Å². The van der Waals surface area contributed by atoms with Gasteiger partial charge in [-0.05, 0) is 47.5 Å². The zero-order chi connectivity index (χ0) is 37.5. The van der Waals surface area contributed by atoms with Crippen LogP contribution in [0.4, 0.5) is 0 Å². The predicted molar refractivity (Wildman–Crippen MR) is 234 cm³/mol. The first-order chi connectivity index (χ1) is 28.3. The van der Waals surface area contributed by atoms with Gasteiger partial charge < -0.3 is 8.98 Å². The Morgan fingerprint density at radius 3 is 1.75 bits per heavy atom. The Balaban J connectivity index is 1.23. The minimum Gasteiger partial charge on any atom is -0.454 e. The third-order valence-corrected chi connectivity index (χ3v) is 11.3. The molecule has 5 heteroatoms. The van der Waals surface area contributed by atoms with E-state index < -0.39 is 0 Å². The molecule has 12 rings (SSSR count). The summed E-state index contributed by atoms with van der Waals surface area (Å²) >= 11 is 0. The van der Waals surface area contributed by atoms with E-state index in [1.165, 1.54) is 0 Å². The molecular weight excluding hydrogens is 697 g/mol. The minimum absolute atomic E-state index is 0.678. The van der Waals surface area contributed by atoms with E-state index in [0.717, 1.165) is 105 Å². The second-order valence-electron chi connectivity index (χ2n) is 14.6. The number of furan rings is 1. The van der Waals surface area contributed by atoms with Crippen LogP contribution in [-0.4, -0.2) is 19.1 Å². The van der Waals surface area contributed by atoms with Crippen molar-refractivity contribution in [2.24, 2.45) is 0 Å². The Morgan fingerprint density at radius 2 is 1.00 bits per heavy atom. The molecule has 5 nitrogen and oxygen atoms in total. The van der Waals surface area contributed by atoms with Crippen LogP contribution >= 0.6 is 0 Å². The Kier molecular flexibility index (Phi) is 6.86. The average Bonchev–Trinajstić information content (AvgIpc) is 3.95. The van der Waals surface area contributed by atoms with E-state index in [4.69, 9.17) is 14.4 Å². The van der Waals surface area contributed by atoms with Crippen LogP contribution in [0.25, 0.3) is 111 Å². The summed E-state index contributed by atoms with van der Waals surface area (Å²) in [7, 11) is 0. The van der Waals surface area contributed by atoms with Crippen molar-refractivity contribution < 1.29 is 4.42 Å². The summed E-state index contributed by atoms with van der Waals surface area (Å²) in [5.74, 6) is 1.49. The van der Waals surface area contributed by atoms with Crippen LogP contribution in [-0.2, 0) is 0 Å². The number of aromatic nitrogens is 4. The van der Waals surface area contributed by atoms with Gasteiger partial charge in [-0.25, -0.2) is 9.97 Å². The van der Waals surface area contributed by atoms with Crippen LogP contribution in [0, 0.1) is 0 Å². The molecule has 266 valence electrons. The van der Waals surface area contributed by atoms with Crippen LogP contribution in [0.1, 0.15) is 0 Å². The summed E-state index contributed by atoms with van der Waals surface area (Å²) in [6.07, 6.45) is 0. The summed E-state index contributed by atoms with van der Waals surface area (Å²) in [5, 5.41) is 6.81. The standard InChI is InChI=1S/C52H32N4O/c1-4-16-33(17-5-1)36-30-41-38-23-12-15-27-47(38)57-51(41)46(31-36)55-44-26-14-11-24-40(44)49-45(55)29-28-39-37-22-10-13-25-43(37)56(50(39)49)48-32-42(34-18-6-2-7-19-34)53-52(54-48)35-20-8-3-9-21-35/h1-32H. The summed E-state index contributed by atoms with van der Waals surface area (Å²) < 4.78 is 11.5. The van der Waals surface area contributed by atoms with E-state index in [1.807, 2.05) is 30.3 Å². The maximum Gasteiger partial charge on any atom is 0.162 e. The van der Waals surface area contributed by atoms with E-state index in [9.17, 15) is 0 Å². The number of fused-ring (bicyclic) bond motifs is 10. The lowest BCUT2D eigenvalue weighted by Crippen LogP contribution is -2.02. The monoisotopic (exact) mass is 728 g/mol.